The van der Waals surface area contributed by atoms with E-state index in [-0.39, 0.29) is 5.78 Å². The lowest BCUT2D eigenvalue weighted by atomic mass is 9.99. The number of rotatable bonds is 6. The minimum atomic E-state index is -1.47. The van der Waals surface area contributed by atoms with Crippen molar-refractivity contribution in [2.45, 2.75) is 50.5 Å². The van der Waals surface area contributed by atoms with E-state index in [1.807, 2.05) is 0 Å². The summed E-state index contributed by atoms with van der Waals surface area (Å²) in [6.45, 7) is 1.03. The van der Waals surface area contributed by atoms with Gasteiger partial charge in [-0.25, -0.2) is 0 Å². The lowest BCUT2D eigenvalue weighted by Crippen LogP contribution is -2.60. The topological polar surface area (TPSA) is 116 Å². The van der Waals surface area contributed by atoms with E-state index in [1.165, 1.54) is 6.92 Å². The number of hydrogen-bond acceptors (Lipinski definition) is 7. The molecule has 1 saturated heterocycles. The van der Waals surface area contributed by atoms with Crippen molar-refractivity contribution in [3.05, 3.63) is 29.8 Å². The highest BCUT2D eigenvalue weighted by Gasteiger charge is 2.44. The lowest BCUT2D eigenvalue weighted by molar-refractivity contribution is -0.277. The van der Waals surface area contributed by atoms with Crippen molar-refractivity contribution < 1.29 is 34.7 Å². The van der Waals surface area contributed by atoms with Gasteiger partial charge in [-0.15, -0.1) is 0 Å². The number of hydrogen-bond donors (Lipinski definition) is 4. The first kappa shape index (κ1) is 17.8. The van der Waals surface area contributed by atoms with Crippen molar-refractivity contribution in [2.75, 3.05) is 6.61 Å². The molecule has 2 rings (SSSR count). The fourth-order valence-electron chi connectivity index (χ4n) is 2.35. The molecule has 23 heavy (non-hydrogen) atoms. The number of ketones is 1. The smallest absolute Gasteiger partial charge is 0.229 e. The molecule has 5 atom stereocenters. The molecule has 1 aliphatic heterocycles. The predicted octanol–water partition coefficient (Wildman–Crippen LogP) is -0.613. The molecule has 128 valence electrons. The third-order valence-corrected chi connectivity index (χ3v) is 3.79. The maximum Gasteiger partial charge on any atom is 0.229 e. The second kappa shape index (κ2) is 7.85. The van der Waals surface area contributed by atoms with Crippen molar-refractivity contribution in [1.29, 1.82) is 0 Å². The molecule has 1 aromatic carbocycles. The van der Waals surface area contributed by atoms with Crippen LogP contribution in [0, 0.1) is 0 Å². The van der Waals surface area contributed by atoms with E-state index < -0.39 is 37.3 Å². The minimum absolute atomic E-state index is 0.117. The van der Waals surface area contributed by atoms with E-state index in [2.05, 4.69) is 0 Å². The molecule has 1 aliphatic rings. The summed E-state index contributed by atoms with van der Waals surface area (Å²) < 4.78 is 10.7. The fourth-order valence-corrected chi connectivity index (χ4v) is 2.35. The molecule has 0 amide bonds. The largest absolute Gasteiger partial charge is 0.462 e. The van der Waals surface area contributed by atoms with Gasteiger partial charge < -0.3 is 34.7 Å². The maximum atomic E-state index is 11.0. The van der Waals surface area contributed by atoms with E-state index in [1.54, 1.807) is 24.3 Å². The zero-order valence-electron chi connectivity index (χ0n) is 12.8. The van der Waals surface area contributed by atoms with Crippen molar-refractivity contribution >= 4 is 5.78 Å². The van der Waals surface area contributed by atoms with E-state index in [0.29, 0.717) is 18.6 Å². The van der Waals surface area contributed by atoms with Crippen LogP contribution in [0.1, 0.15) is 18.9 Å². The van der Waals surface area contributed by atoms with Gasteiger partial charge in [-0.2, -0.15) is 0 Å². The molecule has 0 aliphatic carbocycles. The van der Waals surface area contributed by atoms with Gasteiger partial charge in [0.05, 0.1) is 6.61 Å². The van der Waals surface area contributed by atoms with Crippen LogP contribution < -0.4 is 4.74 Å². The molecule has 1 heterocycles. The highest BCUT2D eigenvalue weighted by molar-refractivity contribution is 5.75. The van der Waals surface area contributed by atoms with Crippen molar-refractivity contribution in [1.82, 2.24) is 0 Å². The van der Waals surface area contributed by atoms with Crippen molar-refractivity contribution in [3.63, 3.8) is 0 Å². The van der Waals surface area contributed by atoms with Crippen LogP contribution in [0.25, 0.3) is 0 Å². The molecular weight excluding hydrogens is 304 g/mol. The average Bonchev–Trinajstić information content (AvgIpc) is 2.54. The number of aliphatic hydroxyl groups excluding tert-OH is 4. The molecular formula is C16H22O7. The quantitative estimate of drug-likeness (QED) is 0.551. The molecule has 0 saturated carbocycles. The van der Waals surface area contributed by atoms with Crippen LogP contribution in [0.5, 0.6) is 5.75 Å². The average molecular weight is 326 g/mol. The van der Waals surface area contributed by atoms with Crippen LogP contribution in [0.3, 0.4) is 0 Å². The van der Waals surface area contributed by atoms with Gasteiger partial charge in [-0.1, -0.05) is 12.1 Å². The first-order chi connectivity index (χ1) is 10.9. The van der Waals surface area contributed by atoms with Gasteiger partial charge >= 0.3 is 0 Å². The summed E-state index contributed by atoms with van der Waals surface area (Å²) in [6, 6.07) is 6.92. The summed E-state index contributed by atoms with van der Waals surface area (Å²) in [5.74, 6) is 0.521. The first-order valence-corrected chi connectivity index (χ1v) is 7.48. The Balaban J connectivity index is 1.99. The Bertz CT molecular complexity index is 514. The number of carbonyl (C=O) groups excluding carboxylic acids is 1. The molecule has 0 bridgehead atoms. The van der Waals surface area contributed by atoms with Gasteiger partial charge in [0, 0.05) is 6.42 Å². The SMILES string of the molecule is CC(=O)CCc1ccc(O[C@@H]2O[C@H](CO)[C@H](O)[C@H](O)[C@H]2O)cc1. The van der Waals surface area contributed by atoms with E-state index >= 15 is 0 Å². The Morgan fingerprint density at radius 2 is 1.78 bits per heavy atom. The highest BCUT2D eigenvalue weighted by atomic mass is 16.7. The van der Waals surface area contributed by atoms with Gasteiger partial charge in [-0.3, -0.25) is 0 Å². The van der Waals surface area contributed by atoms with Gasteiger partial charge in [0.25, 0.3) is 0 Å². The van der Waals surface area contributed by atoms with Crippen LogP contribution in [0.2, 0.25) is 0 Å². The zero-order chi connectivity index (χ0) is 17.0. The fraction of sp³-hybridized carbons (Fsp3) is 0.562. The number of ether oxygens (including phenoxy) is 2. The number of benzene rings is 1. The Morgan fingerprint density at radius 1 is 1.13 bits per heavy atom. The lowest BCUT2D eigenvalue weighted by Gasteiger charge is -2.39. The normalized spacial score (nSPS) is 30.9. The van der Waals surface area contributed by atoms with Crippen LogP contribution >= 0.6 is 0 Å². The first-order valence-electron chi connectivity index (χ1n) is 7.48. The van der Waals surface area contributed by atoms with Crippen molar-refractivity contribution in [2.24, 2.45) is 0 Å². The molecule has 0 unspecified atom stereocenters. The number of carbonyl (C=O) groups is 1. The molecule has 1 fully saturated rings. The number of Topliss-reactive ketones (excluding diaryl/α,β-unsaturated/α-hetero) is 1. The summed E-state index contributed by atoms with van der Waals surface area (Å²) in [5.41, 5.74) is 0.973. The van der Waals surface area contributed by atoms with Gasteiger partial charge in [0.1, 0.15) is 35.9 Å². The van der Waals surface area contributed by atoms with E-state index in [4.69, 9.17) is 14.6 Å². The summed E-state index contributed by atoms with van der Waals surface area (Å²) in [7, 11) is 0. The minimum Gasteiger partial charge on any atom is -0.462 e. The third-order valence-electron chi connectivity index (χ3n) is 3.79. The maximum absolute atomic E-state index is 11.0. The zero-order valence-corrected chi connectivity index (χ0v) is 12.8. The second-order valence-electron chi connectivity index (χ2n) is 5.66. The van der Waals surface area contributed by atoms with E-state index in [0.717, 1.165) is 5.56 Å². The molecule has 0 radical (unpaired) electrons. The molecule has 7 nitrogen and oxygen atoms in total. The summed E-state index contributed by atoms with van der Waals surface area (Å²) in [6.07, 6.45) is -5.43. The molecule has 0 aromatic heterocycles. The van der Waals surface area contributed by atoms with Gasteiger partial charge in [0.15, 0.2) is 0 Å². The Kier molecular flexibility index (Phi) is 6.09. The van der Waals surface area contributed by atoms with E-state index in [9.17, 15) is 20.1 Å². The number of aliphatic hydroxyl groups is 4. The molecule has 7 heteroatoms. The molecule has 0 spiro atoms. The summed E-state index contributed by atoms with van der Waals surface area (Å²) in [5, 5.41) is 38.4. The summed E-state index contributed by atoms with van der Waals surface area (Å²) in [4.78, 5) is 11.0. The van der Waals surface area contributed by atoms with Crippen molar-refractivity contribution in [3.8, 4) is 5.75 Å². The van der Waals surface area contributed by atoms with Crippen LogP contribution in [0.4, 0.5) is 0 Å². The Hall–Kier alpha value is -1.51. The Labute approximate surface area is 134 Å². The highest BCUT2D eigenvalue weighted by Crippen LogP contribution is 2.24. The van der Waals surface area contributed by atoms with Crippen LogP contribution in [-0.2, 0) is 16.0 Å². The molecule has 4 N–H and O–H groups in total. The van der Waals surface area contributed by atoms with Crippen LogP contribution in [-0.4, -0.2) is 63.5 Å². The standard InChI is InChI=1S/C16H22O7/c1-9(18)2-3-10-4-6-11(7-5-10)22-16-15(21)14(20)13(19)12(8-17)23-16/h4-7,12-17,19-21H,2-3,8H2,1H3/t12-,13+,14+,15-,16-/m1/s1. The third kappa shape index (κ3) is 4.49. The molecule has 1 aromatic rings. The monoisotopic (exact) mass is 326 g/mol. The van der Waals surface area contributed by atoms with Crippen LogP contribution in [0.15, 0.2) is 24.3 Å². The van der Waals surface area contributed by atoms with Gasteiger partial charge in [-0.05, 0) is 31.0 Å². The van der Waals surface area contributed by atoms with Gasteiger partial charge in [0.2, 0.25) is 6.29 Å². The Morgan fingerprint density at radius 3 is 2.35 bits per heavy atom. The summed E-state index contributed by atoms with van der Waals surface area (Å²) >= 11 is 0. The second-order valence-corrected chi connectivity index (χ2v) is 5.66. The number of aryl methyl sites for hydroxylation is 1. The predicted molar refractivity (Wildman–Crippen MR) is 79.8 cm³/mol.